The smallest absolute Gasteiger partial charge is 0.369 e. The summed E-state index contributed by atoms with van der Waals surface area (Å²) in [5.41, 5.74) is -6.97. The van der Waals surface area contributed by atoms with E-state index in [1.807, 2.05) is 0 Å². The first-order valence-electron chi connectivity index (χ1n) is 7.33. The highest BCUT2D eigenvalue weighted by atomic mass is 32.2. The van der Waals surface area contributed by atoms with E-state index < -0.39 is 44.3 Å². The van der Waals surface area contributed by atoms with Gasteiger partial charge in [-0.25, -0.2) is 12.8 Å². The summed E-state index contributed by atoms with van der Waals surface area (Å²) in [4.78, 5) is -0.471. The molecule has 0 fully saturated rings. The number of hydrogen-bond donors (Lipinski definition) is 1. The minimum absolute atomic E-state index is 0.306. The number of anilines is 1. The lowest BCUT2D eigenvalue weighted by Gasteiger charge is -2.33. The number of halogens is 7. The molecule has 1 N–H and O–H groups in total. The zero-order chi connectivity index (χ0) is 21.5. The number of nitrogens with zero attached hydrogens (tertiary/aromatic N) is 1. The van der Waals surface area contributed by atoms with E-state index in [4.69, 9.17) is 0 Å². The van der Waals surface area contributed by atoms with Gasteiger partial charge >= 0.3 is 12.4 Å². The number of rotatable bonds is 4. The molecule has 0 radical (unpaired) electrons. The lowest BCUT2D eigenvalue weighted by molar-refractivity contribution is -0.376. The zero-order valence-electron chi connectivity index (χ0n) is 13.9. The molecule has 0 aliphatic carbocycles. The second-order valence-corrected chi connectivity index (χ2v) is 7.65. The standard InChI is InChI=1S/C16H12F7NO3S/c1-24(28(26,27)13-4-2-3-11(17)9-13)12-7-5-10(6-8-12)14(25,15(18,19)20)16(21,22)23/h2-9,25H,1H3. The van der Waals surface area contributed by atoms with Gasteiger partial charge in [-0.05, 0) is 30.3 Å². The fourth-order valence-corrected chi connectivity index (χ4v) is 3.55. The Kier molecular flexibility index (Phi) is 5.43. The number of aliphatic hydroxyl groups is 1. The predicted octanol–water partition coefficient (Wildman–Crippen LogP) is 3.96. The van der Waals surface area contributed by atoms with Gasteiger partial charge in [0.05, 0.1) is 10.6 Å². The summed E-state index contributed by atoms with van der Waals surface area (Å²) >= 11 is 0. The third kappa shape index (κ3) is 3.65. The van der Waals surface area contributed by atoms with Gasteiger partial charge in [0.2, 0.25) is 0 Å². The van der Waals surface area contributed by atoms with E-state index in [9.17, 15) is 44.3 Å². The number of alkyl halides is 6. The van der Waals surface area contributed by atoms with Crippen LogP contribution in [0.15, 0.2) is 53.4 Å². The second-order valence-electron chi connectivity index (χ2n) is 5.68. The van der Waals surface area contributed by atoms with Crippen LogP contribution in [0.3, 0.4) is 0 Å². The SMILES string of the molecule is CN(c1ccc(C(O)(C(F)(F)F)C(F)(F)F)cc1)S(=O)(=O)c1cccc(F)c1. The molecule has 0 amide bonds. The van der Waals surface area contributed by atoms with Gasteiger partial charge in [0.1, 0.15) is 5.82 Å². The molecule has 0 atom stereocenters. The number of hydrogen-bond acceptors (Lipinski definition) is 3. The second kappa shape index (κ2) is 6.92. The van der Waals surface area contributed by atoms with Crippen molar-refractivity contribution in [2.45, 2.75) is 22.8 Å². The third-order valence-electron chi connectivity index (χ3n) is 3.92. The van der Waals surface area contributed by atoms with Crippen LogP contribution in [0.5, 0.6) is 0 Å². The van der Waals surface area contributed by atoms with Crippen molar-refractivity contribution >= 4 is 15.7 Å². The van der Waals surface area contributed by atoms with Crippen LogP contribution in [0.1, 0.15) is 5.56 Å². The molecule has 28 heavy (non-hydrogen) atoms. The van der Waals surface area contributed by atoms with Crippen LogP contribution >= 0.6 is 0 Å². The van der Waals surface area contributed by atoms with E-state index in [1.54, 1.807) is 0 Å². The van der Waals surface area contributed by atoms with Crippen molar-refractivity contribution in [3.63, 3.8) is 0 Å². The van der Waals surface area contributed by atoms with Crippen LogP contribution in [-0.4, -0.2) is 32.9 Å². The molecule has 4 nitrogen and oxygen atoms in total. The van der Waals surface area contributed by atoms with E-state index in [0.29, 0.717) is 34.6 Å². The van der Waals surface area contributed by atoms with E-state index in [2.05, 4.69) is 0 Å². The molecule has 0 saturated heterocycles. The molecule has 0 spiro atoms. The molecule has 2 aromatic rings. The van der Waals surface area contributed by atoms with Crippen LogP contribution < -0.4 is 4.31 Å². The quantitative estimate of drug-likeness (QED) is 0.746. The Hall–Kier alpha value is -2.34. The molecule has 0 heterocycles. The van der Waals surface area contributed by atoms with Gasteiger partial charge < -0.3 is 5.11 Å². The van der Waals surface area contributed by atoms with Crippen molar-refractivity contribution in [2.24, 2.45) is 0 Å². The highest BCUT2D eigenvalue weighted by Crippen LogP contribution is 2.50. The molecule has 2 rings (SSSR count). The molecular weight excluding hydrogens is 419 g/mol. The molecule has 0 aliphatic heterocycles. The fourth-order valence-electron chi connectivity index (χ4n) is 2.32. The van der Waals surface area contributed by atoms with Crippen molar-refractivity contribution in [3.05, 3.63) is 59.9 Å². The first-order chi connectivity index (χ1) is 12.6. The minimum Gasteiger partial charge on any atom is -0.369 e. The van der Waals surface area contributed by atoms with Gasteiger partial charge in [0.25, 0.3) is 15.6 Å². The lowest BCUT2D eigenvalue weighted by Crippen LogP contribution is -2.53. The maximum atomic E-state index is 13.2. The normalized spacial score (nSPS) is 13.5. The van der Waals surface area contributed by atoms with Crippen LogP contribution in [0.4, 0.5) is 36.4 Å². The molecule has 0 saturated carbocycles. The average Bonchev–Trinajstić information content (AvgIpc) is 2.58. The Balaban J connectivity index is 2.46. The summed E-state index contributed by atoms with van der Waals surface area (Å²) in [6.45, 7) is 0. The maximum Gasteiger partial charge on any atom is 0.430 e. The van der Waals surface area contributed by atoms with Crippen LogP contribution in [0.25, 0.3) is 0 Å². The number of benzene rings is 2. The summed E-state index contributed by atoms with van der Waals surface area (Å²) in [5.74, 6) is -0.856. The van der Waals surface area contributed by atoms with Crippen LogP contribution in [0, 0.1) is 5.82 Å². The Morgan fingerprint density at radius 3 is 1.82 bits per heavy atom. The summed E-state index contributed by atoms with van der Waals surface area (Å²) in [6.07, 6.45) is -12.1. The van der Waals surface area contributed by atoms with Gasteiger partial charge in [0, 0.05) is 12.6 Å². The average molecular weight is 431 g/mol. The first-order valence-corrected chi connectivity index (χ1v) is 8.77. The molecule has 0 aliphatic rings. The van der Waals surface area contributed by atoms with Crippen molar-refractivity contribution < 1.29 is 44.3 Å². The van der Waals surface area contributed by atoms with E-state index in [0.717, 1.165) is 25.2 Å². The molecule has 154 valence electrons. The van der Waals surface area contributed by atoms with Gasteiger partial charge in [0.15, 0.2) is 0 Å². The highest BCUT2D eigenvalue weighted by Gasteiger charge is 2.71. The Morgan fingerprint density at radius 1 is 0.893 bits per heavy atom. The molecule has 0 unspecified atom stereocenters. The molecule has 0 aromatic heterocycles. The molecular formula is C16H12F7NO3S. The van der Waals surface area contributed by atoms with E-state index >= 15 is 0 Å². The Bertz CT molecular complexity index is 939. The van der Waals surface area contributed by atoms with E-state index in [1.165, 1.54) is 0 Å². The van der Waals surface area contributed by atoms with Crippen molar-refractivity contribution in [3.8, 4) is 0 Å². The van der Waals surface area contributed by atoms with Crippen LogP contribution in [0.2, 0.25) is 0 Å². The first kappa shape index (κ1) is 22.0. The van der Waals surface area contributed by atoms with Gasteiger partial charge in [-0.15, -0.1) is 0 Å². The van der Waals surface area contributed by atoms with Gasteiger partial charge in [-0.3, -0.25) is 4.31 Å². The maximum absolute atomic E-state index is 13.2. The third-order valence-corrected chi connectivity index (χ3v) is 5.71. The minimum atomic E-state index is -6.06. The van der Waals surface area contributed by atoms with Gasteiger partial charge in [-0.1, -0.05) is 18.2 Å². The molecule has 0 bridgehead atoms. The summed E-state index contributed by atoms with van der Waals surface area (Å²) in [7, 11) is -3.35. The van der Waals surface area contributed by atoms with Crippen LogP contribution in [-0.2, 0) is 15.6 Å². The highest BCUT2D eigenvalue weighted by molar-refractivity contribution is 7.92. The lowest BCUT2D eigenvalue weighted by atomic mass is 9.92. The molecule has 2 aromatic carbocycles. The summed E-state index contributed by atoms with van der Waals surface area (Å²) < 4.78 is 116. The molecule has 12 heteroatoms. The van der Waals surface area contributed by atoms with E-state index in [-0.39, 0.29) is 5.69 Å². The topological polar surface area (TPSA) is 57.6 Å². The van der Waals surface area contributed by atoms with Crippen molar-refractivity contribution in [1.82, 2.24) is 0 Å². The van der Waals surface area contributed by atoms with Crippen molar-refractivity contribution in [1.29, 1.82) is 0 Å². The zero-order valence-corrected chi connectivity index (χ0v) is 14.7. The van der Waals surface area contributed by atoms with Gasteiger partial charge in [-0.2, -0.15) is 26.3 Å². The predicted molar refractivity (Wildman–Crippen MR) is 84.4 cm³/mol. The fraction of sp³-hybridized carbons (Fsp3) is 0.250. The summed E-state index contributed by atoms with van der Waals surface area (Å²) in [5, 5.41) is 9.33. The Morgan fingerprint density at radius 2 is 1.39 bits per heavy atom. The monoisotopic (exact) mass is 431 g/mol. The Labute approximate surface area is 154 Å². The number of sulfonamides is 1. The van der Waals surface area contributed by atoms with Crippen molar-refractivity contribution in [2.75, 3.05) is 11.4 Å². The largest absolute Gasteiger partial charge is 0.430 e. The summed E-state index contributed by atoms with van der Waals surface area (Å²) in [6, 6.07) is 5.82.